The lowest BCUT2D eigenvalue weighted by molar-refractivity contribution is 0.0870. The third-order valence-electron chi connectivity index (χ3n) is 3.15. The van der Waals surface area contributed by atoms with Crippen LogP contribution in [0.5, 0.6) is 0 Å². The first-order valence-corrected chi connectivity index (χ1v) is 5.71. The van der Waals surface area contributed by atoms with E-state index in [4.69, 9.17) is 4.74 Å². The Kier molecular flexibility index (Phi) is 4.30. The number of nitrogens with zero attached hydrogens (tertiary/aromatic N) is 1. The molecule has 14 heavy (non-hydrogen) atoms. The first-order valence-electron chi connectivity index (χ1n) is 5.71. The summed E-state index contributed by atoms with van der Waals surface area (Å²) in [5.74, 6) is 2.56. The third-order valence-corrected chi connectivity index (χ3v) is 3.15. The summed E-state index contributed by atoms with van der Waals surface area (Å²) in [6.45, 7) is 13.5. The van der Waals surface area contributed by atoms with Crippen molar-refractivity contribution in [1.29, 1.82) is 0 Å². The van der Waals surface area contributed by atoms with Crippen LogP contribution in [0.25, 0.3) is 0 Å². The normalized spacial score (nSPS) is 18.7. The molecular formula is C12H23NO. The predicted molar refractivity (Wildman–Crippen MR) is 59.9 cm³/mol. The average molecular weight is 197 g/mol. The Hall–Kier alpha value is -0.660. The van der Waals surface area contributed by atoms with E-state index in [2.05, 4.69) is 25.3 Å². The lowest BCUT2D eigenvalue weighted by Gasteiger charge is -2.35. The molecule has 2 heteroatoms. The van der Waals surface area contributed by atoms with Crippen molar-refractivity contribution in [2.24, 2.45) is 11.8 Å². The van der Waals surface area contributed by atoms with Crippen LogP contribution in [0.1, 0.15) is 33.6 Å². The first-order chi connectivity index (χ1) is 6.65. The number of hydrogen-bond donors (Lipinski definition) is 0. The minimum Gasteiger partial charge on any atom is -0.480 e. The standard InChI is InChI=1S/C12H23NO/c1-5-14-11(4)13-8-6-12(7-9-13)10(2)3/h10,12H,4-9H2,1-3H3. The monoisotopic (exact) mass is 197 g/mol. The summed E-state index contributed by atoms with van der Waals surface area (Å²) in [6.07, 6.45) is 2.56. The van der Waals surface area contributed by atoms with E-state index >= 15 is 0 Å². The Morgan fingerprint density at radius 3 is 2.43 bits per heavy atom. The Bertz CT molecular complexity index is 181. The number of piperidine rings is 1. The highest BCUT2D eigenvalue weighted by Gasteiger charge is 2.22. The van der Waals surface area contributed by atoms with Crippen LogP contribution in [0.4, 0.5) is 0 Å². The Balaban J connectivity index is 2.31. The first kappa shape index (κ1) is 11.4. The summed E-state index contributed by atoms with van der Waals surface area (Å²) in [4.78, 5) is 2.27. The van der Waals surface area contributed by atoms with E-state index in [1.165, 1.54) is 12.8 Å². The number of likely N-dealkylation sites (tertiary alicyclic amines) is 1. The lowest BCUT2D eigenvalue weighted by Crippen LogP contribution is -2.35. The van der Waals surface area contributed by atoms with E-state index < -0.39 is 0 Å². The molecule has 82 valence electrons. The second-order valence-electron chi connectivity index (χ2n) is 4.40. The van der Waals surface area contributed by atoms with Gasteiger partial charge in [0.05, 0.1) is 6.61 Å². The predicted octanol–water partition coefficient (Wildman–Crippen LogP) is 2.86. The summed E-state index contributed by atoms with van der Waals surface area (Å²) in [5, 5.41) is 0. The molecule has 0 spiro atoms. The highest BCUT2D eigenvalue weighted by molar-refractivity contribution is 4.87. The van der Waals surface area contributed by atoms with Crippen molar-refractivity contribution < 1.29 is 4.74 Å². The maximum absolute atomic E-state index is 5.41. The van der Waals surface area contributed by atoms with Gasteiger partial charge in [0.2, 0.25) is 0 Å². The van der Waals surface area contributed by atoms with Crippen LogP contribution in [0, 0.1) is 11.8 Å². The van der Waals surface area contributed by atoms with Crippen molar-refractivity contribution in [2.75, 3.05) is 19.7 Å². The SMILES string of the molecule is C=C(OCC)N1CCC(C(C)C)CC1. The molecule has 0 aliphatic carbocycles. The summed E-state index contributed by atoms with van der Waals surface area (Å²) in [5.41, 5.74) is 0. The Morgan fingerprint density at radius 2 is 2.00 bits per heavy atom. The summed E-state index contributed by atoms with van der Waals surface area (Å²) in [7, 11) is 0. The topological polar surface area (TPSA) is 12.5 Å². The fourth-order valence-corrected chi connectivity index (χ4v) is 2.07. The number of hydrogen-bond acceptors (Lipinski definition) is 2. The largest absolute Gasteiger partial charge is 0.480 e. The zero-order valence-electron chi connectivity index (χ0n) is 9.75. The molecule has 0 bridgehead atoms. The molecule has 1 aliphatic heterocycles. The quantitative estimate of drug-likeness (QED) is 0.643. The Labute approximate surface area is 87.9 Å². The second-order valence-corrected chi connectivity index (χ2v) is 4.40. The van der Waals surface area contributed by atoms with Crippen LogP contribution in [0.3, 0.4) is 0 Å². The van der Waals surface area contributed by atoms with Gasteiger partial charge in [-0.2, -0.15) is 0 Å². The number of rotatable bonds is 4. The van der Waals surface area contributed by atoms with Crippen molar-refractivity contribution in [3.63, 3.8) is 0 Å². The van der Waals surface area contributed by atoms with Crippen molar-refractivity contribution in [3.8, 4) is 0 Å². The molecule has 1 fully saturated rings. The molecule has 1 saturated heterocycles. The molecule has 0 unspecified atom stereocenters. The van der Waals surface area contributed by atoms with Crippen molar-refractivity contribution >= 4 is 0 Å². The van der Waals surface area contributed by atoms with Gasteiger partial charge in [0, 0.05) is 13.1 Å². The summed E-state index contributed by atoms with van der Waals surface area (Å²) in [6, 6.07) is 0. The van der Waals surface area contributed by atoms with Gasteiger partial charge < -0.3 is 9.64 Å². The highest BCUT2D eigenvalue weighted by atomic mass is 16.5. The van der Waals surface area contributed by atoms with Gasteiger partial charge in [0.1, 0.15) is 0 Å². The molecular weight excluding hydrogens is 174 g/mol. The van der Waals surface area contributed by atoms with Crippen LogP contribution in [-0.2, 0) is 4.74 Å². The van der Waals surface area contributed by atoms with Crippen LogP contribution in [0.15, 0.2) is 12.5 Å². The van der Waals surface area contributed by atoms with Crippen LogP contribution in [0.2, 0.25) is 0 Å². The van der Waals surface area contributed by atoms with E-state index in [1.807, 2.05) is 6.92 Å². The molecule has 1 heterocycles. The van der Waals surface area contributed by atoms with Crippen LogP contribution >= 0.6 is 0 Å². The highest BCUT2D eigenvalue weighted by Crippen LogP contribution is 2.25. The molecule has 0 atom stereocenters. The number of ether oxygens (including phenoxy) is 1. The molecule has 0 amide bonds. The van der Waals surface area contributed by atoms with E-state index in [0.717, 1.165) is 37.4 Å². The molecule has 1 aliphatic rings. The molecule has 0 radical (unpaired) electrons. The van der Waals surface area contributed by atoms with Gasteiger partial charge in [-0.25, -0.2) is 0 Å². The van der Waals surface area contributed by atoms with E-state index in [1.54, 1.807) is 0 Å². The van der Waals surface area contributed by atoms with Gasteiger partial charge in [0.25, 0.3) is 0 Å². The van der Waals surface area contributed by atoms with Gasteiger partial charge in [-0.1, -0.05) is 13.8 Å². The molecule has 0 saturated carbocycles. The van der Waals surface area contributed by atoms with Crippen LogP contribution < -0.4 is 0 Å². The summed E-state index contributed by atoms with van der Waals surface area (Å²) < 4.78 is 5.41. The van der Waals surface area contributed by atoms with Crippen molar-refractivity contribution in [2.45, 2.75) is 33.6 Å². The Morgan fingerprint density at radius 1 is 1.43 bits per heavy atom. The molecule has 0 N–H and O–H groups in total. The maximum atomic E-state index is 5.41. The van der Waals surface area contributed by atoms with Crippen molar-refractivity contribution in [3.05, 3.63) is 12.5 Å². The van der Waals surface area contributed by atoms with E-state index in [0.29, 0.717) is 0 Å². The van der Waals surface area contributed by atoms with Gasteiger partial charge in [-0.3, -0.25) is 0 Å². The molecule has 1 rings (SSSR count). The van der Waals surface area contributed by atoms with Crippen molar-refractivity contribution in [1.82, 2.24) is 4.90 Å². The molecule has 0 aromatic heterocycles. The molecule has 2 nitrogen and oxygen atoms in total. The minimum atomic E-state index is 0.725. The smallest absolute Gasteiger partial charge is 0.181 e. The van der Waals surface area contributed by atoms with Gasteiger partial charge in [-0.15, -0.1) is 0 Å². The fourth-order valence-electron chi connectivity index (χ4n) is 2.07. The second kappa shape index (κ2) is 5.28. The van der Waals surface area contributed by atoms with Gasteiger partial charge >= 0.3 is 0 Å². The average Bonchev–Trinajstić information content (AvgIpc) is 2.18. The van der Waals surface area contributed by atoms with Gasteiger partial charge in [-0.05, 0) is 38.2 Å². The zero-order chi connectivity index (χ0) is 10.6. The van der Waals surface area contributed by atoms with E-state index in [-0.39, 0.29) is 0 Å². The minimum absolute atomic E-state index is 0.725. The molecule has 0 aromatic rings. The molecule has 0 aromatic carbocycles. The van der Waals surface area contributed by atoms with E-state index in [9.17, 15) is 0 Å². The van der Waals surface area contributed by atoms with Crippen LogP contribution in [-0.4, -0.2) is 24.6 Å². The van der Waals surface area contributed by atoms with Gasteiger partial charge in [0.15, 0.2) is 5.88 Å². The summed E-state index contributed by atoms with van der Waals surface area (Å²) >= 11 is 0. The fraction of sp³-hybridized carbons (Fsp3) is 0.833. The lowest BCUT2D eigenvalue weighted by atomic mass is 9.87. The maximum Gasteiger partial charge on any atom is 0.181 e. The third kappa shape index (κ3) is 2.93. The zero-order valence-corrected chi connectivity index (χ0v) is 9.75.